The number of rotatable bonds is 3. The Morgan fingerprint density at radius 2 is 2.06 bits per heavy atom. The molecule has 0 bridgehead atoms. The molecule has 94 valence electrons. The van der Waals surface area contributed by atoms with Gasteiger partial charge in [-0.05, 0) is 19.4 Å². The summed E-state index contributed by atoms with van der Waals surface area (Å²) in [5, 5.41) is 12.8. The summed E-state index contributed by atoms with van der Waals surface area (Å²) in [7, 11) is 3.06. The maximum atomic E-state index is 12.1. The second-order valence-electron chi connectivity index (χ2n) is 3.96. The van der Waals surface area contributed by atoms with E-state index in [4.69, 9.17) is 5.11 Å². The Bertz CT molecular complexity index is 493. The molecular weight excluding hydrogens is 222 g/mol. The molecule has 1 heterocycles. The molecule has 0 atom stereocenters. The molecule has 0 saturated heterocycles. The van der Waals surface area contributed by atoms with E-state index < -0.39 is 5.56 Å². The normalized spacial score (nSPS) is 10.4. The van der Waals surface area contributed by atoms with Gasteiger partial charge >= 0.3 is 0 Å². The lowest BCUT2D eigenvalue weighted by Gasteiger charge is -2.17. The number of likely N-dealkylation sites (N-methyl/N-ethyl adjacent to an activating group) is 1. The number of aliphatic hydroxyl groups excluding tert-OH is 1. The number of amides is 1. The monoisotopic (exact) mass is 239 g/mol. The van der Waals surface area contributed by atoms with Crippen LogP contribution in [0.25, 0.3) is 0 Å². The van der Waals surface area contributed by atoms with Crippen LogP contribution in [0, 0.1) is 13.8 Å². The van der Waals surface area contributed by atoms with Crippen molar-refractivity contribution in [2.24, 2.45) is 7.05 Å². The summed E-state index contributed by atoms with van der Waals surface area (Å²) in [6.07, 6.45) is 0. The molecule has 0 fully saturated rings. The fourth-order valence-corrected chi connectivity index (χ4v) is 1.54. The second kappa shape index (κ2) is 5.09. The Morgan fingerprint density at radius 3 is 2.59 bits per heavy atom. The van der Waals surface area contributed by atoms with Crippen LogP contribution in [-0.2, 0) is 7.05 Å². The van der Waals surface area contributed by atoms with Gasteiger partial charge in [0.2, 0.25) is 0 Å². The third-order valence-electron chi connectivity index (χ3n) is 2.72. The highest BCUT2D eigenvalue weighted by molar-refractivity contribution is 5.95. The zero-order valence-corrected chi connectivity index (χ0v) is 10.5. The van der Waals surface area contributed by atoms with E-state index in [1.807, 2.05) is 0 Å². The van der Waals surface area contributed by atoms with Crippen LogP contribution >= 0.6 is 0 Å². The number of carbonyl (C=O) groups is 1. The van der Waals surface area contributed by atoms with Crippen molar-refractivity contribution in [3.8, 4) is 0 Å². The zero-order valence-electron chi connectivity index (χ0n) is 10.5. The first-order valence-electron chi connectivity index (χ1n) is 5.31. The van der Waals surface area contributed by atoms with Crippen LogP contribution in [0.4, 0.5) is 0 Å². The van der Waals surface area contributed by atoms with Crippen LogP contribution in [0.5, 0.6) is 0 Å². The lowest BCUT2D eigenvalue weighted by molar-refractivity contribution is 0.0763. The van der Waals surface area contributed by atoms with Gasteiger partial charge < -0.3 is 10.0 Å². The van der Waals surface area contributed by atoms with E-state index in [1.165, 1.54) is 11.9 Å². The first-order chi connectivity index (χ1) is 7.90. The van der Waals surface area contributed by atoms with Crippen LogP contribution in [0.2, 0.25) is 0 Å². The van der Waals surface area contributed by atoms with Crippen LogP contribution < -0.4 is 5.56 Å². The van der Waals surface area contributed by atoms with Crippen molar-refractivity contribution in [2.75, 3.05) is 20.2 Å². The standard InChI is InChI=1S/C11H17N3O3/c1-7-8(2)12-14(4)11(17)9(7)10(16)13(3)5-6-15/h15H,5-6H2,1-4H3. The second-order valence-corrected chi connectivity index (χ2v) is 3.96. The Balaban J connectivity index is 3.31. The molecule has 1 N–H and O–H groups in total. The molecule has 0 aliphatic rings. The number of hydrogen-bond acceptors (Lipinski definition) is 4. The molecule has 0 radical (unpaired) electrons. The molecule has 1 aromatic rings. The van der Waals surface area contributed by atoms with Gasteiger partial charge in [-0.15, -0.1) is 0 Å². The highest BCUT2D eigenvalue weighted by Crippen LogP contribution is 2.08. The molecule has 0 aliphatic heterocycles. The maximum absolute atomic E-state index is 12.1. The molecular formula is C11H17N3O3. The van der Waals surface area contributed by atoms with Crippen molar-refractivity contribution in [3.63, 3.8) is 0 Å². The zero-order chi connectivity index (χ0) is 13.2. The topological polar surface area (TPSA) is 75.4 Å². The Kier molecular flexibility index (Phi) is 4.01. The number of hydrogen-bond donors (Lipinski definition) is 1. The highest BCUT2D eigenvalue weighted by atomic mass is 16.3. The summed E-state index contributed by atoms with van der Waals surface area (Å²) in [5.74, 6) is -0.386. The minimum absolute atomic E-state index is 0.121. The average Bonchev–Trinajstić information content (AvgIpc) is 2.27. The molecule has 0 spiro atoms. The van der Waals surface area contributed by atoms with Gasteiger partial charge in [0.05, 0.1) is 12.3 Å². The predicted molar refractivity (Wildman–Crippen MR) is 63.0 cm³/mol. The molecule has 0 aliphatic carbocycles. The molecule has 0 aromatic carbocycles. The Hall–Kier alpha value is -1.69. The lowest BCUT2D eigenvalue weighted by atomic mass is 10.1. The fraction of sp³-hybridized carbons (Fsp3) is 0.545. The minimum atomic E-state index is -0.414. The summed E-state index contributed by atoms with van der Waals surface area (Å²) in [6.45, 7) is 3.51. The lowest BCUT2D eigenvalue weighted by Crippen LogP contribution is -2.37. The highest BCUT2D eigenvalue weighted by Gasteiger charge is 2.20. The molecule has 6 heteroatoms. The van der Waals surface area contributed by atoms with Gasteiger partial charge in [0.25, 0.3) is 11.5 Å². The van der Waals surface area contributed by atoms with E-state index >= 15 is 0 Å². The van der Waals surface area contributed by atoms with Crippen LogP contribution in [0.15, 0.2) is 4.79 Å². The summed E-state index contributed by atoms with van der Waals surface area (Å²) in [4.78, 5) is 25.3. The maximum Gasteiger partial charge on any atom is 0.279 e. The number of carbonyl (C=O) groups excluding carboxylic acids is 1. The van der Waals surface area contributed by atoms with Gasteiger partial charge in [0.1, 0.15) is 5.56 Å². The molecule has 1 aromatic heterocycles. The minimum Gasteiger partial charge on any atom is -0.395 e. The Labute approximate surface area is 99.5 Å². The summed E-state index contributed by atoms with van der Waals surface area (Å²) < 4.78 is 1.16. The number of nitrogens with zero attached hydrogens (tertiary/aromatic N) is 3. The average molecular weight is 239 g/mol. The van der Waals surface area contributed by atoms with E-state index in [9.17, 15) is 9.59 Å². The number of aromatic nitrogens is 2. The summed E-state index contributed by atoms with van der Waals surface area (Å²) >= 11 is 0. The molecule has 1 amide bonds. The van der Waals surface area contributed by atoms with Crippen molar-refractivity contribution < 1.29 is 9.90 Å². The van der Waals surface area contributed by atoms with Gasteiger partial charge in [-0.25, -0.2) is 4.68 Å². The quantitative estimate of drug-likeness (QED) is 0.768. The van der Waals surface area contributed by atoms with Gasteiger partial charge in [0, 0.05) is 20.6 Å². The summed E-state index contributed by atoms with van der Waals surface area (Å²) in [6, 6.07) is 0. The van der Waals surface area contributed by atoms with Crippen molar-refractivity contribution in [3.05, 3.63) is 27.2 Å². The first-order valence-corrected chi connectivity index (χ1v) is 5.31. The van der Waals surface area contributed by atoms with Crippen molar-refractivity contribution >= 4 is 5.91 Å². The van der Waals surface area contributed by atoms with Gasteiger partial charge in [-0.2, -0.15) is 5.10 Å². The van der Waals surface area contributed by atoms with E-state index in [2.05, 4.69) is 5.10 Å². The number of aliphatic hydroxyl groups is 1. The van der Waals surface area contributed by atoms with E-state index in [-0.39, 0.29) is 24.6 Å². The number of aryl methyl sites for hydroxylation is 2. The van der Waals surface area contributed by atoms with E-state index in [0.717, 1.165) is 4.68 Å². The largest absolute Gasteiger partial charge is 0.395 e. The smallest absolute Gasteiger partial charge is 0.279 e. The molecule has 17 heavy (non-hydrogen) atoms. The van der Waals surface area contributed by atoms with Crippen LogP contribution in [0.1, 0.15) is 21.6 Å². The molecule has 0 unspecified atom stereocenters. The SMILES string of the molecule is Cc1nn(C)c(=O)c(C(=O)N(C)CCO)c1C. The van der Waals surface area contributed by atoms with Crippen molar-refractivity contribution in [1.82, 2.24) is 14.7 Å². The molecule has 0 saturated carbocycles. The molecule has 6 nitrogen and oxygen atoms in total. The summed E-state index contributed by atoms with van der Waals surface area (Å²) in [5.41, 5.74) is 0.939. The molecule has 1 rings (SSSR count). The van der Waals surface area contributed by atoms with E-state index in [0.29, 0.717) is 11.3 Å². The van der Waals surface area contributed by atoms with Gasteiger partial charge in [-0.1, -0.05) is 0 Å². The van der Waals surface area contributed by atoms with Gasteiger partial charge in [-0.3, -0.25) is 9.59 Å². The van der Waals surface area contributed by atoms with E-state index in [1.54, 1.807) is 20.9 Å². The first kappa shape index (κ1) is 13.4. The van der Waals surface area contributed by atoms with Crippen molar-refractivity contribution in [2.45, 2.75) is 13.8 Å². The van der Waals surface area contributed by atoms with Gasteiger partial charge in [0.15, 0.2) is 0 Å². The van der Waals surface area contributed by atoms with Crippen LogP contribution in [-0.4, -0.2) is 45.9 Å². The van der Waals surface area contributed by atoms with Crippen LogP contribution in [0.3, 0.4) is 0 Å². The predicted octanol–water partition coefficient (Wildman–Crippen LogP) is -0.539. The fourth-order valence-electron chi connectivity index (χ4n) is 1.54. The third kappa shape index (κ3) is 2.52. The third-order valence-corrected chi connectivity index (χ3v) is 2.72. The van der Waals surface area contributed by atoms with Crippen molar-refractivity contribution in [1.29, 1.82) is 0 Å². The Morgan fingerprint density at radius 1 is 1.47 bits per heavy atom.